The second-order valence-corrected chi connectivity index (χ2v) is 5.19. The molecule has 1 atom stereocenters. The molecule has 4 nitrogen and oxygen atoms in total. The Morgan fingerprint density at radius 1 is 1.14 bits per heavy atom. The van der Waals surface area contributed by atoms with Crippen LogP contribution in [0.2, 0.25) is 5.02 Å². The third-order valence-electron chi connectivity index (χ3n) is 2.88. The summed E-state index contributed by atoms with van der Waals surface area (Å²) < 4.78 is 11.0. The molecule has 0 amide bonds. The molecule has 0 aliphatic heterocycles. The van der Waals surface area contributed by atoms with Crippen molar-refractivity contribution in [3.05, 3.63) is 53.1 Å². The van der Waals surface area contributed by atoms with Gasteiger partial charge in [-0.05, 0) is 36.8 Å². The highest BCUT2D eigenvalue weighted by Gasteiger charge is 2.08. The van der Waals surface area contributed by atoms with Gasteiger partial charge in [-0.15, -0.1) is 0 Å². The van der Waals surface area contributed by atoms with E-state index >= 15 is 0 Å². The molecule has 0 radical (unpaired) electrons. The summed E-state index contributed by atoms with van der Waals surface area (Å²) in [6.07, 6.45) is -0.746. The minimum absolute atomic E-state index is 0.128. The number of aliphatic hydroxyl groups is 1. The topological polar surface area (TPSA) is 64.7 Å². The van der Waals surface area contributed by atoms with Gasteiger partial charge in [0, 0.05) is 16.8 Å². The van der Waals surface area contributed by atoms with E-state index < -0.39 is 6.10 Å². The van der Waals surface area contributed by atoms with Crippen molar-refractivity contribution in [2.75, 3.05) is 18.9 Å². The predicted molar refractivity (Wildman–Crippen MR) is 84.0 cm³/mol. The monoisotopic (exact) mass is 307 g/mol. The molecule has 0 saturated heterocycles. The van der Waals surface area contributed by atoms with E-state index in [4.69, 9.17) is 26.8 Å². The fourth-order valence-corrected chi connectivity index (χ4v) is 1.92. The van der Waals surface area contributed by atoms with Gasteiger partial charge in [-0.1, -0.05) is 23.7 Å². The van der Waals surface area contributed by atoms with E-state index in [1.807, 2.05) is 13.0 Å². The summed E-state index contributed by atoms with van der Waals surface area (Å²) in [6, 6.07) is 12.4. The second-order valence-electron chi connectivity index (χ2n) is 4.76. The predicted octanol–water partition coefficient (Wildman–Crippen LogP) is 3.05. The summed E-state index contributed by atoms with van der Waals surface area (Å²) in [5, 5.41) is 10.5. The summed E-state index contributed by atoms with van der Waals surface area (Å²) in [4.78, 5) is 0. The molecule has 112 valence electrons. The van der Waals surface area contributed by atoms with E-state index in [2.05, 4.69) is 0 Å². The molecule has 21 heavy (non-hydrogen) atoms. The lowest BCUT2D eigenvalue weighted by Gasteiger charge is -2.15. The first-order valence-electron chi connectivity index (χ1n) is 6.60. The lowest BCUT2D eigenvalue weighted by molar-refractivity contribution is 0.0624. The summed E-state index contributed by atoms with van der Waals surface area (Å²) in [5.74, 6) is 1.28. The first-order valence-corrected chi connectivity index (χ1v) is 6.98. The van der Waals surface area contributed by atoms with Gasteiger partial charge in [0.25, 0.3) is 0 Å². The van der Waals surface area contributed by atoms with E-state index in [9.17, 15) is 5.11 Å². The zero-order valence-corrected chi connectivity index (χ0v) is 12.5. The van der Waals surface area contributed by atoms with Crippen LogP contribution in [0.5, 0.6) is 11.5 Å². The van der Waals surface area contributed by atoms with Crippen LogP contribution >= 0.6 is 11.6 Å². The molecule has 3 N–H and O–H groups in total. The molecule has 0 spiro atoms. The summed E-state index contributed by atoms with van der Waals surface area (Å²) in [6.45, 7) is 2.17. The van der Waals surface area contributed by atoms with Crippen molar-refractivity contribution in [3.8, 4) is 11.5 Å². The highest BCUT2D eigenvalue weighted by atomic mass is 35.5. The van der Waals surface area contributed by atoms with Crippen molar-refractivity contribution in [1.82, 2.24) is 0 Å². The van der Waals surface area contributed by atoms with Gasteiger partial charge in [-0.25, -0.2) is 0 Å². The Balaban J connectivity index is 1.82. The number of aryl methyl sites for hydroxylation is 1. The van der Waals surface area contributed by atoms with Gasteiger partial charge in [0.2, 0.25) is 0 Å². The Morgan fingerprint density at radius 2 is 1.90 bits per heavy atom. The normalized spacial score (nSPS) is 12.0. The van der Waals surface area contributed by atoms with Crippen molar-refractivity contribution in [1.29, 1.82) is 0 Å². The van der Waals surface area contributed by atoms with Crippen molar-refractivity contribution in [3.63, 3.8) is 0 Å². The highest BCUT2D eigenvalue weighted by molar-refractivity contribution is 6.30. The number of hydrogen-bond donors (Lipinski definition) is 2. The zero-order valence-electron chi connectivity index (χ0n) is 11.8. The molecule has 5 heteroatoms. The number of nitrogen functional groups attached to an aromatic ring is 1. The van der Waals surface area contributed by atoms with Gasteiger partial charge in [-0.3, -0.25) is 0 Å². The van der Waals surface area contributed by atoms with Gasteiger partial charge in [0.15, 0.2) is 0 Å². The van der Waals surface area contributed by atoms with E-state index in [0.29, 0.717) is 22.2 Å². The average Bonchev–Trinajstić information content (AvgIpc) is 2.46. The molecule has 0 aliphatic rings. The first kappa shape index (κ1) is 15.5. The van der Waals surface area contributed by atoms with Gasteiger partial charge >= 0.3 is 0 Å². The number of benzene rings is 2. The van der Waals surface area contributed by atoms with Crippen LogP contribution in [0.25, 0.3) is 0 Å². The molecule has 2 aromatic rings. The number of anilines is 1. The van der Waals surface area contributed by atoms with Crippen molar-refractivity contribution in [2.45, 2.75) is 13.0 Å². The molecule has 0 bridgehead atoms. The van der Waals surface area contributed by atoms with Crippen molar-refractivity contribution < 1.29 is 14.6 Å². The summed E-state index contributed by atoms with van der Waals surface area (Å²) >= 11 is 5.91. The van der Waals surface area contributed by atoms with Crippen LogP contribution in [0.3, 0.4) is 0 Å². The molecule has 2 aromatic carbocycles. The van der Waals surface area contributed by atoms with Gasteiger partial charge in [-0.2, -0.15) is 0 Å². The summed E-state index contributed by atoms with van der Waals surface area (Å²) in [7, 11) is 0. The van der Waals surface area contributed by atoms with Crippen LogP contribution in [0.4, 0.5) is 5.69 Å². The van der Waals surface area contributed by atoms with Crippen LogP contribution in [0.1, 0.15) is 5.56 Å². The third kappa shape index (κ3) is 4.85. The fourth-order valence-electron chi connectivity index (χ4n) is 1.76. The van der Waals surface area contributed by atoms with Gasteiger partial charge in [0.1, 0.15) is 30.8 Å². The number of hydrogen-bond acceptors (Lipinski definition) is 4. The lowest BCUT2D eigenvalue weighted by Crippen LogP contribution is -2.25. The molecular weight excluding hydrogens is 290 g/mol. The first-order chi connectivity index (χ1) is 10.0. The number of nitrogens with two attached hydrogens (primary N) is 1. The minimum atomic E-state index is -0.746. The molecular formula is C16H18ClNO3. The van der Waals surface area contributed by atoms with Crippen LogP contribution in [0.15, 0.2) is 42.5 Å². The molecule has 0 fully saturated rings. The Labute approximate surface area is 129 Å². The molecule has 0 aliphatic carbocycles. The average molecular weight is 308 g/mol. The Bertz CT molecular complexity index is 604. The Kier molecular flexibility index (Phi) is 5.31. The summed E-state index contributed by atoms with van der Waals surface area (Å²) in [5.41, 5.74) is 7.23. The van der Waals surface area contributed by atoms with E-state index in [0.717, 1.165) is 5.56 Å². The maximum Gasteiger partial charge on any atom is 0.123 e. The fraction of sp³-hybridized carbons (Fsp3) is 0.250. The molecule has 1 unspecified atom stereocenters. The van der Waals surface area contributed by atoms with Gasteiger partial charge < -0.3 is 20.3 Å². The number of rotatable bonds is 6. The van der Waals surface area contributed by atoms with E-state index in [-0.39, 0.29) is 13.2 Å². The van der Waals surface area contributed by atoms with Crippen LogP contribution in [-0.2, 0) is 0 Å². The molecule has 0 saturated carbocycles. The Hall–Kier alpha value is -1.91. The Morgan fingerprint density at radius 3 is 2.67 bits per heavy atom. The maximum absolute atomic E-state index is 9.89. The molecule has 2 rings (SSSR count). The SMILES string of the molecule is Cc1ccc(Cl)cc1OCC(O)COc1cccc(N)c1. The second kappa shape index (κ2) is 7.20. The third-order valence-corrected chi connectivity index (χ3v) is 3.12. The smallest absolute Gasteiger partial charge is 0.123 e. The quantitative estimate of drug-likeness (QED) is 0.805. The van der Waals surface area contributed by atoms with Crippen LogP contribution < -0.4 is 15.2 Å². The largest absolute Gasteiger partial charge is 0.491 e. The zero-order chi connectivity index (χ0) is 15.2. The van der Waals surface area contributed by atoms with Crippen LogP contribution in [0, 0.1) is 6.92 Å². The molecule has 0 heterocycles. The van der Waals surface area contributed by atoms with Crippen molar-refractivity contribution >= 4 is 17.3 Å². The van der Waals surface area contributed by atoms with E-state index in [1.165, 1.54) is 0 Å². The molecule has 0 aromatic heterocycles. The maximum atomic E-state index is 9.89. The van der Waals surface area contributed by atoms with Gasteiger partial charge in [0.05, 0.1) is 0 Å². The lowest BCUT2D eigenvalue weighted by atomic mass is 10.2. The highest BCUT2D eigenvalue weighted by Crippen LogP contribution is 2.22. The minimum Gasteiger partial charge on any atom is -0.491 e. The number of halogens is 1. The van der Waals surface area contributed by atoms with E-state index in [1.54, 1.807) is 36.4 Å². The van der Waals surface area contributed by atoms with Crippen molar-refractivity contribution in [2.24, 2.45) is 0 Å². The van der Waals surface area contributed by atoms with Crippen LogP contribution in [-0.4, -0.2) is 24.4 Å². The number of aliphatic hydroxyl groups excluding tert-OH is 1. The number of ether oxygens (including phenoxy) is 2. The standard InChI is InChI=1S/C16H18ClNO3/c1-11-5-6-12(17)7-16(11)21-10-14(19)9-20-15-4-2-3-13(18)8-15/h2-8,14,19H,9-10,18H2,1H3.